The predicted octanol–water partition coefficient (Wildman–Crippen LogP) is 0.853. The van der Waals surface area contributed by atoms with Crippen LogP contribution in [-0.2, 0) is 0 Å². The van der Waals surface area contributed by atoms with Crippen LogP contribution in [0.5, 0.6) is 0 Å². The van der Waals surface area contributed by atoms with Crippen molar-refractivity contribution in [3.8, 4) is 0 Å². The molecule has 0 bridgehead atoms. The van der Waals surface area contributed by atoms with Crippen LogP contribution >= 0.6 is 0 Å². The first-order chi connectivity index (χ1) is 4.83. The molecule has 0 aromatic carbocycles. The first-order valence-corrected chi connectivity index (χ1v) is 4.23. The highest BCUT2D eigenvalue weighted by Gasteiger charge is 2.19. The normalized spacial score (nSPS) is 21.0. The van der Waals surface area contributed by atoms with Crippen LogP contribution in [0.3, 0.4) is 0 Å². The minimum absolute atomic E-state index is 0.0672. The quantitative estimate of drug-likeness (QED) is 0.577. The second kappa shape index (κ2) is 3.94. The fourth-order valence-corrected chi connectivity index (χ4v) is 1.08. The van der Waals surface area contributed by atoms with Crippen molar-refractivity contribution in [2.24, 2.45) is 0 Å². The van der Waals surface area contributed by atoms with E-state index in [4.69, 9.17) is 0 Å². The SMILES string of the molecule is CCCCC(O)CN1CC1. The van der Waals surface area contributed by atoms with Gasteiger partial charge < -0.3 is 5.11 Å². The lowest BCUT2D eigenvalue weighted by atomic mass is 10.2. The Morgan fingerprint density at radius 3 is 2.70 bits per heavy atom. The molecule has 0 aliphatic carbocycles. The van der Waals surface area contributed by atoms with Crippen molar-refractivity contribution in [1.82, 2.24) is 4.90 Å². The molecule has 1 saturated heterocycles. The van der Waals surface area contributed by atoms with Crippen LogP contribution in [0.25, 0.3) is 0 Å². The highest BCUT2D eigenvalue weighted by atomic mass is 16.3. The van der Waals surface area contributed by atoms with Crippen LogP contribution in [0.4, 0.5) is 0 Å². The van der Waals surface area contributed by atoms with E-state index in [0.29, 0.717) is 0 Å². The van der Waals surface area contributed by atoms with E-state index in [1.165, 1.54) is 19.5 Å². The molecule has 0 aromatic rings. The maximum atomic E-state index is 9.35. The number of aliphatic hydroxyl groups is 1. The molecule has 1 rings (SSSR count). The van der Waals surface area contributed by atoms with E-state index in [-0.39, 0.29) is 6.10 Å². The summed E-state index contributed by atoms with van der Waals surface area (Å²) in [6.45, 7) is 5.45. The van der Waals surface area contributed by atoms with Crippen molar-refractivity contribution in [2.75, 3.05) is 19.6 Å². The zero-order valence-corrected chi connectivity index (χ0v) is 6.71. The topological polar surface area (TPSA) is 23.2 Å². The Kier molecular flexibility index (Phi) is 3.16. The van der Waals surface area contributed by atoms with Crippen LogP contribution in [0.2, 0.25) is 0 Å². The second-order valence-electron chi connectivity index (χ2n) is 3.10. The average Bonchev–Trinajstić information content (AvgIpc) is 2.67. The summed E-state index contributed by atoms with van der Waals surface area (Å²) in [5, 5.41) is 9.35. The third-order valence-electron chi connectivity index (χ3n) is 1.90. The minimum Gasteiger partial charge on any atom is -0.392 e. The van der Waals surface area contributed by atoms with E-state index in [2.05, 4.69) is 11.8 Å². The zero-order chi connectivity index (χ0) is 7.40. The van der Waals surface area contributed by atoms with Crippen LogP contribution in [0.15, 0.2) is 0 Å². The summed E-state index contributed by atoms with van der Waals surface area (Å²) in [5.74, 6) is 0. The molecule has 10 heavy (non-hydrogen) atoms. The summed E-state index contributed by atoms with van der Waals surface area (Å²) in [7, 11) is 0. The molecule has 0 saturated carbocycles. The fourth-order valence-electron chi connectivity index (χ4n) is 1.08. The molecule has 0 radical (unpaired) electrons. The van der Waals surface area contributed by atoms with Crippen LogP contribution in [0, 0.1) is 0 Å². The third kappa shape index (κ3) is 3.18. The fraction of sp³-hybridized carbons (Fsp3) is 1.00. The molecule has 1 heterocycles. The van der Waals surface area contributed by atoms with Gasteiger partial charge in [0, 0.05) is 19.6 Å². The van der Waals surface area contributed by atoms with Gasteiger partial charge in [0.2, 0.25) is 0 Å². The Morgan fingerprint density at radius 1 is 1.50 bits per heavy atom. The van der Waals surface area contributed by atoms with Crippen molar-refractivity contribution < 1.29 is 5.11 Å². The third-order valence-corrected chi connectivity index (χ3v) is 1.90. The Bertz CT molecular complexity index is 91.3. The molecule has 60 valence electrons. The number of rotatable bonds is 5. The largest absolute Gasteiger partial charge is 0.392 e. The Labute approximate surface area is 62.8 Å². The van der Waals surface area contributed by atoms with Gasteiger partial charge >= 0.3 is 0 Å². The lowest BCUT2D eigenvalue weighted by molar-refractivity contribution is 0.142. The van der Waals surface area contributed by atoms with Gasteiger partial charge in [-0.1, -0.05) is 19.8 Å². The van der Waals surface area contributed by atoms with Gasteiger partial charge in [-0.25, -0.2) is 0 Å². The highest BCUT2D eigenvalue weighted by Crippen LogP contribution is 2.08. The maximum absolute atomic E-state index is 9.35. The van der Waals surface area contributed by atoms with Gasteiger partial charge in [0.1, 0.15) is 0 Å². The average molecular weight is 143 g/mol. The van der Waals surface area contributed by atoms with Crippen molar-refractivity contribution in [3.63, 3.8) is 0 Å². The monoisotopic (exact) mass is 143 g/mol. The van der Waals surface area contributed by atoms with Gasteiger partial charge in [-0.2, -0.15) is 0 Å². The van der Waals surface area contributed by atoms with Gasteiger partial charge in [0.25, 0.3) is 0 Å². The summed E-state index contributed by atoms with van der Waals surface area (Å²) in [6, 6.07) is 0. The number of β-amino-alcohol motifs (C(OH)–C–C–N with tert-alkyl or cyclic N) is 1. The molecule has 0 aromatic heterocycles. The van der Waals surface area contributed by atoms with E-state index < -0.39 is 0 Å². The van der Waals surface area contributed by atoms with Gasteiger partial charge in [-0.15, -0.1) is 0 Å². The number of unbranched alkanes of at least 4 members (excludes halogenated alkanes) is 1. The molecule has 1 N–H and O–H groups in total. The molecule has 2 heteroatoms. The summed E-state index contributed by atoms with van der Waals surface area (Å²) < 4.78 is 0. The summed E-state index contributed by atoms with van der Waals surface area (Å²) in [4.78, 5) is 2.26. The van der Waals surface area contributed by atoms with E-state index >= 15 is 0 Å². The van der Waals surface area contributed by atoms with Crippen LogP contribution < -0.4 is 0 Å². The Hall–Kier alpha value is -0.0800. The van der Waals surface area contributed by atoms with Crippen molar-refractivity contribution in [1.29, 1.82) is 0 Å². The van der Waals surface area contributed by atoms with Crippen LogP contribution in [0.1, 0.15) is 26.2 Å². The van der Waals surface area contributed by atoms with Crippen LogP contribution in [-0.4, -0.2) is 35.7 Å². The van der Waals surface area contributed by atoms with Gasteiger partial charge in [0.05, 0.1) is 6.10 Å². The first-order valence-electron chi connectivity index (χ1n) is 4.23. The number of hydrogen-bond donors (Lipinski definition) is 1. The minimum atomic E-state index is -0.0672. The van der Waals surface area contributed by atoms with E-state index in [1.807, 2.05) is 0 Å². The summed E-state index contributed by atoms with van der Waals surface area (Å²) in [6.07, 6.45) is 3.27. The van der Waals surface area contributed by atoms with E-state index in [9.17, 15) is 5.11 Å². The Balaban J connectivity index is 1.91. The lowest BCUT2D eigenvalue weighted by Crippen LogP contribution is -2.18. The van der Waals surface area contributed by atoms with Crippen molar-refractivity contribution in [2.45, 2.75) is 32.3 Å². The summed E-state index contributed by atoms with van der Waals surface area (Å²) >= 11 is 0. The molecule has 1 fully saturated rings. The number of hydrogen-bond acceptors (Lipinski definition) is 2. The van der Waals surface area contributed by atoms with Crippen molar-refractivity contribution in [3.05, 3.63) is 0 Å². The standard InChI is InChI=1S/C8H17NO/c1-2-3-4-8(10)7-9-5-6-9/h8,10H,2-7H2,1H3. The molecule has 1 unspecified atom stereocenters. The zero-order valence-electron chi connectivity index (χ0n) is 6.71. The van der Waals surface area contributed by atoms with Gasteiger partial charge in [0.15, 0.2) is 0 Å². The highest BCUT2D eigenvalue weighted by molar-refractivity contribution is 4.75. The van der Waals surface area contributed by atoms with E-state index in [0.717, 1.165) is 19.4 Å². The lowest BCUT2D eigenvalue weighted by Gasteiger charge is -2.08. The molecule has 1 aliphatic rings. The van der Waals surface area contributed by atoms with Crippen molar-refractivity contribution >= 4 is 0 Å². The predicted molar refractivity (Wildman–Crippen MR) is 42.0 cm³/mol. The number of aliphatic hydroxyl groups excluding tert-OH is 1. The second-order valence-corrected chi connectivity index (χ2v) is 3.10. The van der Waals surface area contributed by atoms with Gasteiger partial charge in [-0.3, -0.25) is 4.90 Å². The molecule has 0 spiro atoms. The van der Waals surface area contributed by atoms with E-state index in [1.54, 1.807) is 0 Å². The molecule has 0 amide bonds. The molecular weight excluding hydrogens is 126 g/mol. The maximum Gasteiger partial charge on any atom is 0.0667 e. The molecule has 2 nitrogen and oxygen atoms in total. The smallest absolute Gasteiger partial charge is 0.0667 e. The number of nitrogens with zero attached hydrogens (tertiary/aromatic N) is 1. The molecule has 1 aliphatic heterocycles. The molecular formula is C8H17NO. The molecule has 1 atom stereocenters. The van der Waals surface area contributed by atoms with Gasteiger partial charge in [-0.05, 0) is 6.42 Å². The first kappa shape index (κ1) is 8.02. The summed E-state index contributed by atoms with van der Waals surface area (Å²) in [5.41, 5.74) is 0. The Morgan fingerprint density at radius 2 is 2.20 bits per heavy atom.